The van der Waals surface area contributed by atoms with Gasteiger partial charge in [0.1, 0.15) is 0 Å². The average Bonchev–Trinajstić information content (AvgIpc) is 2.39. The first-order valence-electron chi connectivity index (χ1n) is 6.98. The van der Waals surface area contributed by atoms with Gasteiger partial charge in [0.15, 0.2) is 0 Å². The maximum Gasteiger partial charge on any atom is 0.305 e. The summed E-state index contributed by atoms with van der Waals surface area (Å²) in [6, 6.07) is 0. The van der Waals surface area contributed by atoms with Crippen LogP contribution in [-0.2, 0) is 48.0 Å². The molecule has 8 nitrogen and oxygen atoms in total. The minimum atomic E-state index is -0.838. The zero-order valence-corrected chi connectivity index (χ0v) is 17.4. The standard InChI is InChI=1S/2C7H14O4.Zn/c2*1-6(5-10-2)11-4-3-7(8)9;/h2*6H,3-5H2,1-2H3,(H,8,9);. The first-order chi connectivity index (χ1) is 10.3. The van der Waals surface area contributed by atoms with Gasteiger partial charge in [0.25, 0.3) is 0 Å². The Bertz CT molecular complexity index is 260. The molecular weight excluding hydrogens is 362 g/mol. The van der Waals surface area contributed by atoms with Gasteiger partial charge in [0.05, 0.1) is 51.5 Å². The third-order valence-corrected chi connectivity index (χ3v) is 2.24. The zero-order chi connectivity index (χ0) is 17.4. The van der Waals surface area contributed by atoms with Crippen molar-refractivity contribution in [3.8, 4) is 0 Å². The van der Waals surface area contributed by atoms with Crippen LogP contribution in [0.4, 0.5) is 0 Å². The molecule has 9 heteroatoms. The summed E-state index contributed by atoms with van der Waals surface area (Å²) in [6.07, 6.45) is 0.0426. The number of ether oxygens (including phenoxy) is 4. The van der Waals surface area contributed by atoms with Crippen LogP contribution in [0.3, 0.4) is 0 Å². The second-order valence-electron chi connectivity index (χ2n) is 4.56. The van der Waals surface area contributed by atoms with E-state index in [2.05, 4.69) is 0 Å². The van der Waals surface area contributed by atoms with Crippen molar-refractivity contribution in [2.45, 2.75) is 38.9 Å². The monoisotopic (exact) mass is 388 g/mol. The number of hydrogen-bond donors (Lipinski definition) is 2. The van der Waals surface area contributed by atoms with Crippen LogP contribution in [0.1, 0.15) is 26.7 Å². The number of carboxylic acids is 2. The van der Waals surface area contributed by atoms with Crippen molar-refractivity contribution in [1.29, 1.82) is 0 Å². The van der Waals surface area contributed by atoms with Crippen LogP contribution >= 0.6 is 0 Å². The van der Waals surface area contributed by atoms with Crippen LogP contribution in [0.25, 0.3) is 0 Å². The number of methoxy groups -OCH3 is 2. The van der Waals surface area contributed by atoms with Gasteiger partial charge in [-0.25, -0.2) is 0 Å². The van der Waals surface area contributed by atoms with Crippen molar-refractivity contribution in [3.63, 3.8) is 0 Å². The normalized spacial score (nSPS) is 12.3. The molecule has 2 N–H and O–H groups in total. The molecule has 0 aromatic rings. The van der Waals surface area contributed by atoms with Gasteiger partial charge >= 0.3 is 11.9 Å². The van der Waals surface area contributed by atoms with E-state index in [0.717, 1.165) is 0 Å². The molecule has 0 aromatic heterocycles. The Balaban J connectivity index is -0.000000333. The van der Waals surface area contributed by atoms with Crippen molar-refractivity contribution >= 4 is 11.9 Å². The van der Waals surface area contributed by atoms with Crippen molar-refractivity contribution in [2.24, 2.45) is 0 Å². The van der Waals surface area contributed by atoms with Gasteiger partial charge in [-0.2, -0.15) is 0 Å². The predicted octanol–water partition coefficient (Wildman–Crippen LogP) is 1.02. The minimum Gasteiger partial charge on any atom is -0.481 e. The van der Waals surface area contributed by atoms with E-state index in [1.165, 1.54) is 0 Å². The molecule has 0 spiro atoms. The predicted molar refractivity (Wildman–Crippen MR) is 79.1 cm³/mol. The summed E-state index contributed by atoms with van der Waals surface area (Å²) < 4.78 is 19.8. The molecule has 0 aliphatic rings. The SMILES string of the molecule is COCC(C)OCCC(=O)O.COCC(C)OCCC(=O)O.[Zn]. The summed E-state index contributed by atoms with van der Waals surface area (Å²) in [5, 5.41) is 16.5. The zero-order valence-electron chi connectivity index (χ0n) is 14.4. The van der Waals surface area contributed by atoms with Gasteiger partial charge in [-0.1, -0.05) is 0 Å². The molecule has 134 valence electrons. The van der Waals surface area contributed by atoms with E-state index in [0.29, 0.717) is 13.2 Å². The molecule has 23 heavy (non-hydrogen) atoms. The maximum atomic E-state index is 10.0. The fourth-order valence-electron chi connectivity index (χ4n) is 1.26. The average molecular weight is 390 g/mol. The van der Waals surface area contributed by atoms with E-state index >= 15 is 0 Å². The second kappa shape index (κ2) is 19.5. The fraction of sp³-hybridized carbons (Fsp3) is 0.857. The Morgan fingerprint density at radius 3 is 1.35 bits per heavy atom. The largest absolute Gasteiger partial charge is 0.481 e. The van der Waals surface area contributed by atoms with Gasteiger partial charge < -0.3 is 29.2 Å². The molecule has 0 fully saturated rings. The van der Waals surface area contributed by atoms with Gasteiger partial charge in [0, 0.05) is 33.7 Å². The third-order valence-electron chi connectivity index (χ3n) is 2.24. The first-order valence-corrected chi connectivity index (χ1v) is 6.98. The molecule has 2 unspecified atom stereocenters. The summed E-state index contributed by atoms with van der Waals surface area (Å²) in [7, 11) is 3.16. The van der Waals surface area contributed by atoms with Gasteiger partial charge in [0.2, 0.25) is 0 Å². The summed E-state index contributed by atoms with van der Waals surface area (Å²) in [4.78, 5) is 20.1. The van der Waals surface area contributed by atoms with E-state index in [1.807, 2.05) is 13.8 Å². The van der Waals surface area contributed by atoms with Gasteiger partial charge in [-0.15, -0.1) is 0 Å². The van der Waals surface area contributed by atoms with E-state index in [9.17, 15) is 9.59 Å². The summed E-state index contributed by atoms with van der Waals surface area (Å²) in [5.74, 6) is -1.68. The molecule has 0 bridgehead atoms. The Morgan fingerprint density at radius 1 is 0.826 bits per heavy atom. The van der Waals surface area contributed by atoms with Crippen LogP contribution in [0.15, 0.2) is 0 Å². The van der Waals surface area contributed by atoms with Crippen molar-refractivity contribution in [2.75, 3.05) is 40.6 Å². The number of rotatable bonds is 12. The second-order valence-corrected chi connectivity index (χ2v) is 4.56. The quantitative estimate of drug-likeness (QED) is 0.476. The van der Waals surface area contributed by atoms with E-state index in [1.54, 1.807) is 14.2 Å². The van der Waals surface area contributed by atoms with Gasteiger partial charge in [-0.05, 0) is 13.8 Å². The number of carboxylic acid groups (broad SMARTS) is 2. The Kier molecular flexibility index (Phi) is 23.1. The van der Waals surface area contributed by atoms with Crippen LogP contribution in [-0.4, -0.2) is 75.0 Å². The molecular formula is C14H28O8Zn. The Labute approximate surface area is 150 Å². The molecule has 0 aliphatic heterocycles. The molecule has 0 aromatic carbocycles. The van der Waals surface area contributed by atoms with Crippen molar-refractivity contribution in [1.82, 2.24) is 0 Å². The maximum absolute atomic E-state index is 10.0. The topological polar surface area (TPSA) is 112 Å². The number of carbonyl (C=O) groups is 2. The van der Waals surface area contributed by atoms with E-state index in [4.69, 9.17) is 29.2 Å². The van der Waals surface area contributed by atoms with Crippen LogP contribution < -0.4 is 0 Å². The molecule has 0 saturated heterocycles. The fourth-order valence-corrected chi connectivity index (χ4v) is 1.26. The summed E-state index contributed by atoms with van der Waals surface area (Å²) in [6.45, 7) is 5.18. The molecule has 0 rings (SSSR count). The molecule has 0 amide bonds. The van der Waals surface area contributed by atoms with E-state index in [-0.39, 0.29) is 57.7 Å². The first kappa shape index (κ1) is 27.3. The smallest absolute Gasteiger partial charge is 0.305 e. The minimum absolute atomic E-state index is 0. The summed E-state index contributed by atoms with van der Waals surface area (Å²) >= 11 is 0. The van der Waals surface area contributed by atoms with Gasteiger partial charge in [-0.3, -0.25) is 9.59 Å². The third kappa shape index (κ3) is 26.6. The van der Waals surface area contributed by atoms with Crippen LogP contribution in [0, 0.1) is 0 Å². The molecule has 2 atom stereocenters. The summed E-state index contributed by atoms with van der Waals surface area (Å²) in [5.41, 5.74) is 0. The number of hydrogen-bond acceptors (Lipinski definition) is 6. The van der Waals surface area contributed by atoms with Crippen molar-refractivity contribution < 1.29 is 58.2 Å². The van der Waals surface area contributed by atoms with Crippen LogP contribution in [0.2, 0.25) is 0 Å². The van der Waals surface area contributed by atoms with Crippen molar-refractivity contribution in [3.05, 3.63) is 0 Å². The Morgan fingerprint density at radius 2 is 1.13 bits per heavy atom. The molecule has 0 saturated carbocycles. The number of aliphatic carboxylic acids is 2. The molecule has 0 aliphatic carbocycles. The molecule has 0 heterocycles. The van der Waals surface area contributed by atoms with Crippen LogP contribution in [0.5, 0.6) is 0 Å². The molecule has 0 radical (unpaired) electrons. The van der Waals surface area contributed by atoms with E-state index < -0.39 is 11.9 Å². The Hall–Kier alpha value is -0.597.